The van der Waals surface area contributed by atoms with Gasteiger partial charge in [-0.15, -0.1) is 0 Å². The minimum absolute atomic E-state index is 0.152. The Kier molecular flexibility index (Phi) is 4.54. The van der Waals surface area contributed by atoms with Crippen LogP contribution in [0.1, 0.15) is 18.6 Å². The lowest BCUT2D eigenvalue weighted by Gasteiger charge is -2.14. The molecular formula is C14H11BrFNO4. The first-order valence-corrected chi connectivity index (χ1v) is 6.77. The first-order chi connectivity index (χ1) is 9.88. The zero-order valence-corrected chi connectivity index (χ0v) is 12.5. The van der Waals surface area contributed by atoms with Crippen LogP contribution in [-0.2, 0) is 0 Å². The monoisotopic (exact) mass is 355 g/mol. The molecule has 0 aliphatic rings. The molecule has 0 saturated heterocycles. The number of benzene rings is 2. The van der Waals surface area contributed by atoms with Crippen LogP contribution in [0.5, 0.6) is 11.5 Å². The average Bonchev–Trinajstić information content (AvgIpc) is 2.40. The van der Waals surface area contributed by atoms with Gasteiger partial charge in [0.2, 0.25) is 0 Å². The Bertz CT molecular complexity index is 691. The molecule has 5 nitrogen and oxygen atoms in total. The number of non-ortho nitro benzene ring substituents is 1. The molecule has 110 valence electrons. The van der Waals surface area contributed by atoms with Gasteiger partial charge in [-0.05, 0) is 25.1 Å². The smallest absolute Gasteiger partial charge is 0.272 e. The molecule has 1 N–H and O–H groups in total. The number of aliphatic hydroxyl groups excluding tert-OH is 1. The summed E-state index contributed by atoms with van der Waals surface area (Å²) in [5.41, 5.74) is 0.126. The summed E-state index contributed by atoms with van der Waals surface area (Å²) >= 11 is 3.26. The topological polar surface area (TPSA) is 72.6 Å². The summed E-state index contributed by atoms with van der Waals surface area (Å²) < 4.78 is 20.0. The molecule has 1 unspecified atom stereocenters. The molecule has 0 heterocycles. The van der Waals surface area contributed by atoms with Gasteiger partial charge in [-0.2, -0.15) is 0 Å². The third-order valence-electron chi connectivity index (χ3n) is 2.77. The van der Waals surface area contributed by atoms with E-state index < -0.39 is 16.8 Å². The number of nitro benzene ring substituents is 1. The molecule has 2 aromatic carbocycles. The minimum atomic E-state index is -0.847. The Morgan fingerprint density at radius 2 is 2.00 bits per heavy atom. The van der Waals surface area contributed by atoms with Gasteiger partial charge in [-0.1, -0.05) is 22.0 Å². The number of ether oxygens (including phenoxy) is 1. The highest BCUT2D eigenvalue weighted by atomic mass is 79.9. The van der Waals surface area contributed by atoms with Gasteiger partial charge in [0, 0.05) is 16.1 Å². The molecule has 0 radical (unpaired) electrons. The van der Waals surface area contributed by atoms with Gasteiger partial charge < -0.3 is 9.84 Å². The van der Waals surface area contributed by atoms with E-state index in [-0.39, 0.29) is 17.2 Å². The van der Waals surface area contributed by atoms with Gasteiger partial charge in [0.15, 0.2) is 11.6 Å². The largest absolute Gasteiger partial charge is 0.454 e. The third-order valence-corrected chi connectivity index (χ3v) is 3.27. The van der Waals surface area contributed by atoms with Gasteiger partial charge in [0.25, 0.3) is 5.69 Å². The van der Waals surface area contributed by atoms with Gasteiger partial charge in [-0.3, -0.25) is 10.1 Å². The zero-order chi connectivity index (χ0) is 15.6. The lowest BCUT2D eigenvalue weighted by Crippen LogP contribution is -1.98. The van der Waals surface area contributed by atoms with Crippen molar-refractivity contribution in [2.45, 2.75) is 13.0 Å². The Morgan fingerprint density at radius 1 is 1.29 bits per heavy atom. The summed E-state index contributed by atoms with van der Waals surface area (Å²) in [4.78, 5) is 9.88. The van der Waals surface area contributed by atoms with E-state index in [1.165, 1.54) is 6.07 Å². The molecule has 2 aromatic rings. The van der Waals surface area contributed by atoms with Crippen molar-refractivity contribution < 1.29 is 19.2 Å². The summed E-state index contributed by atoms with van der Waals surface area (Å²) in [7, 11) is 0. The maximum absolute atomic E-state index is 13.8. The van der Waals surface area contributed by atoms with E-state index in [0.717, 1.165) is 12.1 Å². The maximum Gasteiger partial charge on any atom is 0.272 e. The molecule has 0 fully saturated rings. The third kappa shape index (κ3) is 3.56. The second-order valence-corrected chi connectivity index (χ2v) is 5.25. The second-order valence-electron chi connectivity index (χ2n) is 4.33. The fourth-order valence-electron chi connectivity index (χ4n) is 1.75. The van der Waals surface area contributed by atoms with Crippen LogP contribution in [0.2, 0.25) is 0 Å². The van der Waals surface area contributed by atoms with Crippen LogP contribution in [0.4, 0.5) is 10.1 Å². The molecule has 0 bridgehead atoms. The van der Waals surface area contributed by atoms with Crippen molar-refractivity contribution in [1.82, 2.24) is 0 Å². The van der Waals surface area contributed by atoms with Crippen molar-refractivity contribution in [2.75, 3.05) is 0 Å². The van der Waals surface area contributed by atoms with Gasteiger partial charge in [0.05, 0.1) is 17.1 Å². The van der Waals surface area contributed by atoms with Crippen LogP contribution < -0.4 is 4.74 Å². The Morgan fingerprint density at radius 3 is 2.57 bits per heavy atom. The van der Waals surface area contributed by atoms with Gasteiger partial charge in [0.1, 0.15) is 5.75 Å². The highest BCUT2D eigenvalue weighted by Crippen LogP contribution is 2.34. The predicted molar refractivity (Wildman–Crippen MR) is 77.9 cm³/mol. The molecule has 0 spiro atoms. The first kappa shape index (κ1) is 15.4. The first-order valence-electron chi connectivity index (χ1n) is 5.98. The number of rotatable bonds is 4. The molecule has 0 aliphatic heterocycles. The fourth-order valence-corrected chi connectivity index (χ4v) is 2.09. The van der Waals surface area contributed by atoms with E-state index in [9.17, 15) is 19.6 Å². The highest BCUT2D eigenvalue weighted by molar-refractivity contribution is 9.10. The summed E-state index contributed by atoms with van der Waals surface area (Å²) in [6, 6.07) is 8.07. The summed E-state index contributed by atoms with van der Waals surface area (Å²) in [5, 5.41) is 20.3. The Balaban J connectivity index is 2.38. The molecule has 0 amide bonds. The quantitative estimate of drug-likeness (QED) is 0.653. The van der Waals surface area contributed by atoms with E-state index in [1.54, 1.807) is 25.1 Å². The van der Waals surface area contributed by atoms with Crippen molar-refractivity contribution in [2.24, 2.45) is 0 Å². The molecule has 7 heteroatoms. The normalized spacial score (nSPS) is 12.0. The number of aliphatic hydroxyl groups is 1. The molecule has 0 aromatic heterocycles. The summed E-state index contributed by atoms with van der Waals surface area (Å²) in [6.45, 7) is 1.56. The summed E-state index contributed by atoms with van der Waals surface area (Å²) in [6.07, 6.45) is -0.797. The fraction of sp³-hybridized carbons (Fsp3) is 0.143. The average molecular weight is 356 g/mol. The molecular weight excluding hydrogens is 345 g/mol. The summed E-state index contributed by atoms with van der Waals surface area (Å²) in [5.74, 6) is -0.728. The molecule has 2 rings (SSSR count). The van der Waals surface area contributed by atoms with E-state index in [4.69, 9.17) is 4.74 Å². The molecule has 21 heavy (non-hydrogen) atoms. The van der Waals surface area contributed by atoms with E-state index in [0.29, 0.717) is 10.0 Å². The predicted octanol–water partition coefficient (Wildman–Crippen LogP) is 4.34. The van der Waals surface area contributed by atoms with Gasteiger partial charge >= 0.3 is 0 Å². The number of nitrogens with zero attached hydrogens (tertiary/aromatic N) is 1. The van der Waals surface area contributed by atoms with Crippen LogP contribution in [0.15, 0.2) is 40.9 Å². The van der Waals surface area contributed by atoms with E-state index >= 15 is 0 Å². The SMILES string of the molecule is CC(O)c1ccc(Br)cc1Oc1ccc([N+](=O)[O-])cc1F. The van der Waals surface area contributed by atoms with E-state index in [1.807, 2.05) is 0 Å². The zero-order valence-electron chi connectivity index (χ0n) is 10.9. The standard InChI is InChI=1S/C14H11BrFNO4/c1-8(18)11-4-2-9(15)6-14(11)21-13-5-3-10(17(19)20)7-12(13)16/h2-8,18H,1H3. The molecule has 0 saturated carbocycles. The molecule has 0 aliphatic carbocycles. The van der Waals surface area contributed by atoms with E-state index in [2.05, 4.69) is 15.9 Å². The van der Waals surface area contributed by atoms with Crippen LogP contribution >= 0.6 is 15.9 Å². The van der Waals surface area contributed by atoms with Crippen molar-refractivity contribution in [3.8, 4) is 11.5 Å². The lowest BCUT2D eigenvalue weighted by atomic mass is 10.1. The maximum atomic E-state index is 13.8. The number of nitro groups is 1. The van der Waals surface area contributed by atoms with Gasteiger partial charge in [-0.25, -0.2) is 4.39 Å². The van der Waals surface area contributed by atoms with Crippen LogP contribution in [-0.4, -0.2) is 10.0 Å². The molecule has 1 atom stereocenters. The van der Waals surface area contributed by atoms with Crippen molar-refractivity contribution in [3.05, 3.63) is 62.4 Å². The highest BCUT2D eigenvalue weighted by Gasteiger charge is 2.15. The van der Waals surface area contributed by atoms with Crippen LogP contribution in [0.3, 0.4) is 0 Å². The van der Waals surface area contributed by atoms with Crippen molar-refractivity contribution >= 4 is 21.6 Å². The number of hydrogen-bond donors (Lipinski definition) is 1. The number of hydrogen-bond acceptors (Lipinski definition) is 4. The Labute approximate surface area is 128 Å². The number of halogens is 2. The van der Waals surface area contributed by atoms with Crippen LogP contribution in [0.25, 0.3) is 0 Å². The minimum Gasteiger partial charge on any atom is -0.454 e. The lowest BCUT2D eigenvalue weighted by molar-refractivity contribution is -0.385. The van der Waals surface area contributed by atoms with Crippen LogP contribution in [0, 0.1) is 15.9 Å². The van der Waals surface area contributed by atoms with Crippen molar-refractivity contribution in [1.29, 1.82) is 0 Å². The second kappa shape index (κ2) is 6.19. The Hall–Kier alpha value is -1.99. The van der Waals surface area contributed by atoms with Crippen molar-refractivity contribution in [3.63, 3.8) is 0 Å².